The minimum absolute atomic E-state index is 0.206. The quantitative estimate of drug-likeness (QED) is 0.935. The Bertz CT molecular complexity index is 727. The first-order valence-electron chi connectivity index (χ1n) is 7.48. The van der Waals surface area contributed by atoms with Crippen LogP contribution in [0.15, 0.2) is 41.0 Å². The van der Waals surface area contributed by atoms with Crippen molar-refractivity contribution in [1.29, 1.82) is 0 Å². The predicted octanol–water partition coefficient (Wildman–Crippen LogP) is 3.48. The fourth-order valence-electron chi connectivity index (χ4n) is 2.72. The Morgan fingerprint density at radius 1 is 1.35 bits per heavy atom. The summed E-state index contributed by atoms with van der Waals surface area (Å²) in [7, 11) is 0. The normalized spacial score (nSPS) is 17.3. The first-order chi connectivity index (χ1) is 11.1. The lowest BCUT2D eigenvalue weighted by molar-refractivity contribution is -0.119. The molecule has 0 bridgehead atoms. The molecule has 1 aromatic carbocycles. The summed E-state index contributed by atoms with van der Waals surface area (Å²) in [6, 6.07) is 8.13. The molecule has 1 atom stereocenters. The van der Waals surface area contributed by atoms with Gasteiger partial charge in [-0.25, -0.2) is 0 Å². The monoisotopic (exact) mass is 332 g/mol. The third-order valence-electron chi connectivity index (χ3n) is 3.99. The Morgan fingerprint density at radius 2 is 2.17 bits per heavy atom. The van der Waals surface area contributed by atoms with Gasteiger partial charge in [-0.3, -0.25) is 9.59 Å². The first-order valence-corrected chi connectivity index (χ1v) is 7.85. The van der Waals surface area contributed by atoms with Gasteiger partial charge in [0.15, 0.2) is 5.76 Å². The highest BCUT2D eigenvalue weighted by molar-refractivity contribution is 6.31. The Morgan fingerprint density at radius 3 is 2.87 bits per heavy atom. The molecule has 0 aliphatic carbocycles. The van der Waals surface area contributed by atoms with E-state index in [1.165, 1.54) is 6.26 Å². The second-order valence-electron chi connectivity index (χ2n) is 5.59. The van der Waals surface area contributed by atoms with E-state index < -0.39 is 6.04 Å². The number of furan rings is 1. The van der Waals surface area contributed by atoms with Gasteiger partial charge >= 0.3 is 0 Å². The highest BCUT2D eigenvalue weighted by Crippen LogP contribution is 2.24. The van der Waals surface area contributed by atoms with Crippen molar-refractivity contribution in [3.63, 3.8) is 0 Å². The summed E-state index contributed by atoms with van der Waals surface area (Å²) in [5.74, 6) is -0.208. The number of hydrogen-bond acceptors (Lipinski definition) is 3. The molecule has 23 heavy (non-hydrogen) atoms. The lowest BCUT2D eigenvalue weighted by atomic mass is 10.1. The largest absolute Gasteiger partial charge is 0.459 e. The third-order valence-corrected chi connectivity index (χ3v) is 4.39. The minimum atomic E-state index is -0.493. The van der Waals surface area contributed by atoms with Crippen LogP contribution in [0, 0.1) is 6.92 Å². The number of likely N-dealkylation sites (tertiary alicyclic amines) is 1. The number of aryl methyl sites for hydroxylation is 1. The number of benzene rings is 1. The van der Waals surface area contributed by atoms with Crippen LogP contribution in [0.2, 0.25) is 5.02 Å². The molecule has 6 heteroatoms. The van der Waals surface area contributed by atoms with Crippen LogP contribution in [0.1, 0.15) is 29.0 Å². The van der Waals surface area contributed by atoms with Crippen LogP contribution < -0.4 is 5.32 Å². The number of nitrogens with zero attached hydrogens (tertiary/aromatic N) is 1. The highest BCUT2D eigenvalue weighted by Gasteiger charge is 2.35. The molecule has 2 amide bonds. The second kappa shape index (κ2) is 6.46. The van der Waals surface area contributed by atoms with Gasteiger partial charge < -0.3 is 14.6 Å². The van der Waals surface area contributed by atoms with E-state index in [1.807, 2.05) is 13.0 Å². The van der Waals surface area contributed by atoms with E-state index in [4.69, 9.17) is 16.0 Å². The summed E-state index contributed by atoms with van der Waals surface area (Å²) in [4.78, 5) is 26.5. The molecular formula is C17H17ClN2O3. The van der Waals surface area contributed by atoms with Crippen molar-refractivity contribution in [3.8, 4) is 0 Å². The fourth-order valence-corrected chi connectivity index (χ4v) is 2.90. The van der Waals surface area contributed by atoms with E-state index in [0.717, 1.165) is 12.0 Å². The van der Waals surface area contributed by atoms with Crippen molar-refractivity contribution in [2.45, 2.75) is 25.8 Å². The number of amides is 2. The molecule has 1 fully saturated rings. The van der Waals surface area contributed by atoms with Crippen LogP contribution >= 0.6 is 11.6 Å². The smallest absolute Gasteiger partial charge is 0.290 e. The standard InChI is InChI=1S/C17H17ClN2O3/c1-11-6-7-12(10-13(11)18)19-16(21)14-4-2-8-20(14)17(22)15-5-3-9-23-15/h3,5-7,9-10,14H,2,4,8H2,1H3,(H,19,21). The van der Waals surface area contributed by atoms with Crippen LogP contribution in [-0.2, 0) is 4.79 Å². The first kappa shape index (κ1) is 15.6. The zero-order valence-corrected chi connectivity index (χ0v) is 13.5. The van der Waals surface area contributed by atoms with Gasteiger partial charge in [0, 0.05) is 17.3 Å². The maximum atomic E-state index is 12.5. The maximum Gasteiger partial charge on any atom is 0.290 e. The van der Waals surface area contributed by atoms with E-state index in [9.17, 15) is 9.59 Å². The zero-order valence-electron chi connectivity index (χ0n) is 12.7. The van der Waals surface area contributed by atoms with E-state index >= 15 is 0 Å². The minimum Gasteiger partial charge on any atom is -0.459 e. The van der Waals surface area contributed by atoms with Crippen molar-refractivity contribution < 1.29 is 14.0 Å². The summed E-state index contributed by atoms with van der Waals surface area (Å²) >= 11 is 6.08. The number of anilines is 1. The van der Waals surface area contributed by atoms with Crippen LogP contribution in [-0.4, -0.2) is 29.3 Å². The summed E-state index contributed by atoms with van der Waals surface area (Å²) < 4.78 is 5.14. The maximum absolute atomic E-state index is 12.5. The Kier molecular flexibility index (Phi) is 4.39. The van der Waals surface area contributed by atoms with Gasteiger partial charge in [-0.2, -0.15) is 0 Å². The molecule has 1 aromatic heterocycles. The number of nitrogens with one attached hydrogen (secondary N) is 1. The molecule has 1 unspecified atom stereocenters. The summed E-state index contributed by atoms with van der Waals surface area (Å²) in [5.41, 5.74) is 1.57. The van der Waals surface area contributed by atoms with E-state index in [2.05, 4.69) is 5.32 Å². The highest BCUT2D eigenvalue weighted by atomic mass is 35.5. The molecule has 1 aliphatic heterocycles. The molecule has 5 nitrogen and oxygen atoms in total. The molecule has 0 saturated carbocycles. The van der Waals surface area contributed by atoms with Crippen LogP contribution in [0.25, 0.3) is 0 Å². The van der Waals surface area contributed by atoms with E-state index in [0.29, 0.717) is 23.7 Å². The van der Waals surface area contributed by atoms with Gasteiger partial charge in [-0.05, 0) is 49.6 Å². The average Bonchev–Trinajstić information content (AvgIpc) is 3.21. The summed E-state index contributed by atoms with van der Waals surface area (Å²) in [6.07, 6.45) is 2.88. The van der Waals surface area contributed by atoms with E-state index in [1.54, 1.807) is 29.2 Å². The third kappa shape index (κ3) is 3.24. The number of carbonyl (C=O) groups excluding carboxylic acids is 2. The van der Waals surface area contributed by atoms with Gasteiger partial charge in [0.1, 0.15) is 6.04 Å². The fraction of sp³-hybridized carbons (Fsp3) is 0.294. The topological polar surface area (TPSA) is 62.6 Å². The second-order valence-corrected chi connectivity index (χ2v) is 5.99. The number of rotatable bonds is 3. The molecule has 0 radical (unpaired) electrons. The SMILES string of the molecule is Cc1ccc(NC(=O)C2CCCN2C(=O)c2ccco2)cc1Cl. The molecule has 3 rings (SSSR count). The lowest BCUT2D eigenvalue weighted by Gasteiger charge is -2.23. The molecule has 2 heterocycles. The van der Waals surface area contributed by atoms with E-state index in [-0.39, 0.29) is 17.6 Å². The molecule has 2 aromatic rings. The molecule has 1 saturated heterocycles. The Labute approximate surface area is 139 Å². The van der Waals surface area contributed by atoms with Crippen molar-refractivity contribution in [2.24, 2.45) is 0 Å². The number of carbonyl (C=O) groups is 2. The zero-order chi connectivity index (χ0) is 16.4. The number of halogens is 1. The van der Waals surface area contributed by atoms with Crippen molar-refractivity contribution in [1.82, 2.24) is 4.90 Å². The molecule has 1 aliphatic rings. The Balaban J connectivity index is 1.73. The number of hydrogen-bond donors (Lipinski definition) is 1. The molecular weight excluding hydrogens is 316 g/mol. The van der Waals surface area contributed by atoms with Gasteiger partial charge in [-0.15, -0.1) is 0 Å². The molecule has 1 N–H and O–H groups in total. The van der Waals surface area contributed by atoms with Gasteiger partial charge in [0.05, 0.1) is 6.26 Å². The summed E-state index contributed by atoms with van der Waals surface area (Å²) in [6.45, 7) is 2.45. The Hall–Kier alpha value is -2.27. The van der Waals surface area contributed by atoms with Gasteiger partial charge in [0.25, 0.3) is 5.91 Å². The average molecular weight is 333 g/mol. The van der Waals surface area contributed by atoms with Crippen LogP contribution in [0.5, 0.6) is 0 Å². The van der Waals surface area contributed by atoms with Gasteiger partial charge in [-0.1, -0.05) is 17.7 Å². The van der Waals surface area contributed by atoms with Gasteiger partial charge in [0.2, 0.25) is 5.91 Å². The lowest BCUT2D eigenvalue weighted by Crippen LogP contribution is -2.43. The molecule has 0 spiro atoms. The predicted molar refractivity (Wildman–Crippen MR) is 87.6 cm³/mol. The molecule has 120 valence electrons. The van der Waals surface area contributed by atoms with Crippen LogP contribution in [0.4, 0.5) is 5.69 Å². The van der Waals surface area contributed by atoms with Crippen molar-refractivity contribution in [2.75, 3.05) is 11.9 Å². The van der Waals surface area contributed by atoms with Crippen molar-refractivity contribution in [3.05, 3.63) is 52.9 Å². The summed E-state index contributed by atoms with van der Waals surface area (Å²) in [5, 5.41) is 3.43. The van der Waals surface area contributed by atoms with Crippen molar-refractivity contribution >= 4 is 29.1 Å². The van der Waals surface area contributed by atoms with Crippen LogP contribution in [0.3, 0.4) is 0 Å².